The van der Waals surface area contributed by atoms with Crippen LogP contribution in [0.25, 0.3) is 0 Å². The summed E-state index contributed by atoms with van der Waals surface area (Å²) in [5.41, 5.74) is 2.37. The molecule has 1 saturated carbocycles. The molecule has 1 atom stereocenters. The summed E-state index contributed by atoms with van der Waals surface area (Å²) in [7, 11) is 0. The van der Waals surface area contributed by atoms with Crippen LogP contribution in [0.5, 0.6) is 0 Å². The Labute approximate surface area is 196 Å². The number of nitrogens with zero attached hydrogens (tertiary/aromatic N) is 3. The number of carbonyl (C=O) groups is 1. The molecule has 1 aromatic heterocycles. The fraction of sp³-hybridized carbons (Fsp3) is 0.577. The first-order valence-corrected chi connectivity index (χ1v) is 12.2. The Balaban J connectivity index is 1.27. The first-order chi connectivity index (χ1) is 15.8. The Hall–Kier alpha value is -2.51. The summed E-state index contributed by atoms with van der Waals surface area (Å²) in [6, 6.07) is 8.30. The number of nitrogens with one attached hydrogen (secondary N) is 2. The highest BCUT2D eigenvalue weighted by molar-refractivity contribution is 6.08. The first kappa shape index (κ1) is 22.3. The SMILES string of the molecule is CCC1(N2C(=O)C(C)(C)c3cnc(Nc4ccc(CNCC5(C)CCCO5)cc4)nc32)CC1. The van der Waals surface area contributed by atoms with Crippen LogP contribution in [0.4, 0.5) is 17.5 Å². The van der Waals surface area contributed by atoms with Gasteiger partial charge in [0.15, 0.2) is 0 Å². The molecule has 2 fully saturated rings. The molecule has 5 rings (SSSR count). The average Bonchev–Trinajstić information content (AvgIpc) is 3.41. The molecule has 1 saturated heterocycles. The number of ether oxygens (including phenoxy) is 1. The van der Waals surface area contributed by atoms with Gasteiger partial charge in [-0.1, -0.05) is 19.1 Å². The van der Waals surface area contributed by atoms with Gasteiger partial charge >= 0.3 is 0 Å². The lowest BCUT2D eigenvalue weighted by atomic mass is 9.88. The molecule has 1 aliphatic carbocycles. The number of anilines is 3. The van der Waals surface area contributed by atoms with Crippen LogP contribution < -0.4 is 15.5 Å². The zero-order valence-corrected chi connectivity index (χ0v) is 20.2. The third-order valence-electron chi connectivity index (χ3n) is 7.69. The van der Waals surface area contributed by atoms with Gasteiger partial charge in [-0.2, -0.15) is 4.98 Å². The van der Waals surface area contributed by atoms with Crippen LogP contribution in [0, 0.1) is 0 Å². The van der Waals surface area contributed by atoms with E-state index in [2.05, 4.69) is 41.6 Å². The second-order valence-electron chi connectivity index (χ2n) is 10.6. The van der Waals surface area contributed by atoms with Crippen LogP contribution >= 0.6 is 0 Å². The smallest absolute Gasteiger partial charge is 0.238 e. The van der Waals surface area contributed by atoms with Crippen molar-refractivity contribution in [2.45, 2.75) is 82.9 Å². The van der Waals surface area contributed by atoms with Crippen molar-refractivity contribution in [2.24, 2.45) is 0 Å². The molecule has 2 aliphatic heterocycles. The van der Waals surface area contributed by atoms with E-state index in [4.69, 9.17) is 9.72 Å². The summed E-state index contributed by atoms with van der Waals surface area (Å²) in [6.07, 6.45) is 7.10. The normalized spacial score (nSPS) is 24.7. The van der Waals surface area contributed by atoms with E-state index in [0.29, 0.717) is 5.95 Å². The van der Waals surface area contributed by atoms with Crippen molar-refractivity contribution >= 4 is 23.4 Å². The molecule has 0 radical (unpaired) electrons. The van der Waals surface area contributed by atoms with Crippen LogP contribution in [-0.4, -0.2) is 40.2 Å². The van der Waals surface area contributed by atoms with E-state index in [1.54, 1.807) is 0 Å². The van der Waals surface area contributed by atoms with Crippen LogP contribution in [0.1, 0.15) is 70.9 Å². The maximum atomic E-state index is 13.3. The van der Waals surface area contributed by atoms with Gasteiger partial charge < -0.3 is 15.4 Å². The van der Waals surface area contributed by atoms with Gasteiger partial charge in [0.1, 0.15) is 5.82 Å². The summed E-state index contributed by atoms with van der Waals surface area (Å²) in [5, 5.41) is 6.84. The van der Waals surface area contributed by atoms with E-state index in [1.165, 1.54) is 5.56 Å². The Morgan fingerprint density at radius 3 is 2.52 bits per heavy atom. The lowest BCUT2D eigenvalue weighted by Gasteiger charge is -2.28. The summed E-state index contributed by atoms with van der Waals surface area (Å²) < 4.78 is 5.84. The lowest BCUT2D eigenvalue weighted by molar-refractivity contribution is -0.122. The number of benzene rings is 1. The van der Waals surface area contributed by atoms with Crippen molar-refractivity contribution < 1.29 is 9.53 Å². The van der Waals surface area contributed by atoms with Gasteiger partial charge in [-0.3, -0.25) is 9.69 Å². The van der Waals surface area contributed by atoms with Crippen molar-refractivity contribution in [1.82, 2.24) is 15.3 Å². The Kier molecular flexibility index (Phi) is 5.45. The monoisotopic (exact) mass is 449 g/mol. The summed E-state index contributed by atoms with van der Waals surface area (Å²) in [6.45, 7) is 10.8. The van der Waals surface area contributed by atoms with Crippen molar-refractivity contribution in [2.75, 3.05) is 23.4 Å². The molecule has 7 heteroatoms. The van der Waals surface area contributed by atoms with Crippen molar-refractivity contribution in [1.29, 1.82) is 0 Å². The summed E-state index contributed by atoms with van der Waals surface area (Å²) in [4.78, 5) is 24.6. The van der Waals surface area contributed by atoms with E-state index in [9.17, 15) is 4.79 Å². The fourth-order valence-corrected chi connectivity index (χ4v) is 5.14. The minimum absolute atomic E-state index is 0.0347. The van der Waals surface area contributed by atoms with Crippen molar-refractivity contribution in [3.63, 3.8) is 0 Å². The summed E-state index contributed by atoms with van der Waals surface area (Å²) >= 11 is 0. The average molecular weight is 450 g/mol. The number of aromatic nitrogens is 2. The topological polar surface area (TPSA) is 79.4 Å². The van der Waals surface area contributed by atoms with Crippen LogP contribution in [-0.2, 0) is 21.5 Å². The molecule has 0 spiro atoms. The van der Waals surface area contributed by atoms with E-state index in [-0.39, 0.29) is 17.0 Å². The zero-order chi connectivity index (χ0) is 23.3. The Morgan fingerprint density at radius 2 is 1.88 bits per heavy atom. The second-order valence-corrected chi connectivity index (χ2v) is 10.6. The molecular weight excluding hydrogens is 414 g/mol. The fourth-order valence-electron chi connectivity index (χ4n) is 5.14. The van der Waals surface area contributed by atoms with E-state index in [0.717, 1.165) is 68.9 Å². The highest BCUT2D eigenvalue weighted by atomic mass is 16.5. The number of rotatable bonds is 8. The highest BCUT2D eigenvalue weighted by Gasteiger charge is 2.57. The third-order valence-corrected chi connectivity index (χ3v) is 7.69. The molecule has 7 nitrogen and oxygen atoms in total. The summed E-state index contributed by atoms with van der Waals surface area (Å²) in [5.74, 6) is 1.43. The molecule has 1 aromatic carbocycles. The largest absolute Gasteiger partial charge is 0.374 e. The molecule has 2 aromatic rings. The van der Waals surface area contributed by atoms with Gasteiger partial charge in [0.25, 0.3) is 0 Å². The van der Waals surface area contributed by atoms with Gasteiger partial charge in [0.2, 0.25) is 11.9 Å². The van der Waals surface area contributed by atoms with Crippen LogP contribution in [0.2, 0.25) is 0 Å². The number of hydrogen-bond acceptors (Lipinski definition) is 6. The van der Waals surface area contributed by atoms with Gasteiger partial charge in [0, 0.05) is 42.7 Å². The maximum absolute atomic E-state index is 13.3. The molecule has 176 valence electrons. The molecule has 3 heterocycles. The molecule has 3 aliphatic rings. The molecule has 2 N–H and O–H groups in total. The first-order valence-electron chi connectivity index (χ1n) is 12.2. The molecular formula is C26H35N5O2. The minimum atomic E-state index is -0.589. The van der Waals surface area contributed by atoms with Crippen molar-refractivity contribution in [3.8, 4) is 0 Å². The van der Waals surface area contributed by atoms with Crippen LogP contribution in [0.3, 0.4) is 0 Å². The predicted octanol–water partition coefficient (Wildman–Crippen LogP) is 4.45. The highest BCUT2D eigenvalue weighted by Crippen LogP contribution is 2.53. The quantitative estimate of drug-likeness (QED) is 0.620. The van der Waals surface area contributed by atoms with Gasteiger partial charge in [-0.15, -0.1) is 0 Å². The van der Waals surface area contributed by atoms with Gasteiger partial charge in [0.05, 0.1) is 11.0 Å². The lowest BCUT2D eigenvalue weighted by Crippen LogP contribution is -2.44. The number of carbonyl (C=O) groups excluding carboxylic acids is 1. The Morgan fingerprint density at radius 1 is 1.12 bits per heavy atom. The van der Waals surface area contributed by atoms with E-state index in [1.807, 2.05) is 37.1 Å². The molecule has 1 amide bonds. The standard InChI is InChI=1S/C26H35N5O2/c1-5-26(12-13-26)31-21-20(24(2,3)22(31)32)16-28-23(30-21)29-19-9-7-18(8-10-19)15-27-17-25(4)11-6-14-33-25/h7-10,16,27H,5-6,11-15,17H2,1-4H3,(H,28,29,30). The number of hydrogen-bond donors (Lipinski definition) is 2. The predicted molar refractivity (Wildman–Crippen MR) is 130 cm³/mol. The molecule has 1 unspecified atom stereocenters. The van der Waals surface area contributed by atoms with E-state index >= 15 is 0 Å². The second kappa shape index (κ2) is 8.06. The zero-order valence-electron chi connectivity index (χ0n) is 20.2. The molecule has 0 bridgehead atoms. The van der Waals surface area contributed by atoms with Gasteiger partial charge in [-0.05, 0) is 70.6 Å². The van der Waals surface area contributed by atoms with Crippen LogP contribution in [0.15, 0.2) is 30.5 Å². The number of amides is 1. The molecule has 33 heavy (non-hydrogen) atoms. The van der Waals surface area contributed by atoms with Crippen molar-refractivity contribution in [3.05, 3.63) is 41.6 Å². The van der Waals surface area contributed by atoms with E-state index < -0.39 is 5.41 Å². The maximum Gasteiger partial charge on any atom is 0.238 e. The Bertz CT molecular complexity index is 1040. The minimum Gasteiger partial charge on any atom is -0.374 e. The van der Waals surface area contributed by atoms with Gasteiger partial charge in [-0.25, -0.2) is 4.98 Å². The number of fused-ring (bicyclic) bond motifs is 1. The third kappa shape index (κ3) is 4.02.